The summed E-state index contributed by atoms with van der Waals surface area (Å²) in [6.45, 7) is 5.63. The van der Waals surface area contributed by atoms with E-state index in [9.17, 15) is 19.7 Å². The second-order valence-electron chi connectivity index (χ2n) is 5.88. The van der Waals surface area contributed by atoms with E-state index in [1.54, 1.807) is 0 Å². The Labute approximate surface area is 151 Å². The molecule has 0 radical (unpaired) electrons. The molecule has 8 heteroatoms. The normalized spacial score (nSPS) is 10.4. The third-order valence-corrected chi connectivity index (χ3v) is 3.95. The van der Waals surface area contributed by atoms with Gasteiger partial charge in [0.05, 0.1) is 11.1 Å². The first kappa shape index (κ1) is 19.2. The molecule has 0 aliphatic carbocycles. The highest BCUT2D eigenvalue weighted by Crippen LogP contribution is 2.15. The van der Waals surface area contributed by atoms with Gasteiger partial charge in [0, 0.05) is 37.5 Å². The number of rotatable bonds is 8. The Morgan fingerprint density at radius 1 is 1.31 bits per heavy atom. The van der Waals surface area contributed by atoms with E-state index in [1.807, 2.05) is 32.0 Å². The number of pyridine rings is 1. The van der Waals surface area contributed by atoms with Crippen molar-refractivity contribution in [3.05, 3.63) is 68.6 Å². The van der Waals surface area contributed by atoms with Crippen molar-refractivity contribution in [3.63, 3.8) is 0 Å². The number of anilines is 1. The van der Waals surface area contributed by atoms with E-state index in [2.05, 4.69) is 16.3 Å². The van der Waals surface area contributed by atoms with E-state index < -0.39 is 10.5 Å². The number of hydrogen-bond acceptors (Lipinski definition) is 5. The summed E-state index contributed by atoms with van der Waals surface area (Å²) in [6.07, 6.45) is 1.08. The summed E-state index contributed by atoms with van der Waals surface area (Å²) in [5.74, 6) is -0.368. The van der Waals surface area contributed by atoms with Gasteiger partial charge in [0.2, 0.25) is 5.91 Å². The van der Waals surface area contributed by atoms with Crippen LogP contribution in [0.15, 0.2) is 47.4 Å². The molecule has 0 aliphatic heterocycles. The zero-order valence-electron chi connectivity index (χ0n) is 14.8. The van der Waals surface area contributed by atoms with Gasteiger partial charge in [0.1, 0.15) is 6.54 Å². The summed E-state index contributed by atoms with van der Waals surface area (Å²) in [6, 6.07) is 10.3. The maximum Gasteiger partial charge on any atom is 0.285 e. The number of aromatic nitrogens is 1. The molecule has 0 saturated carbocycles. The molecule has 1 N–H and O–H groups in total. The highest BCUT2D eigenvalue weighted by Gasteiger charge is 2.11. The Balaban J connectivity index is 1.91. The van der Waals surface area contributed by atoms with Crippen molar-refractivity contribution in [2.75, 3.05) is 24.5 Å². The van der Waals surface area contributed by atoms with Gasteiger partial charge in [0.15, 0.2) is 0 Å². The third kappa shape index (κ3) is 5.17. The van der Waals surface area contributed by atoms with Gasteiger partial charge in [-0.1, -0.05) is 12.1 Å². The lowest BCUT2D eigenvalue weighted by Gasteiger charge is -2.23. The number of carbonyl (C=O) groups is 1. The number of aryl methyl sites for hydroxylation is 1. The van der Waals surface area contributed by atoms with Crippen molar-refractivity contribution in [1.82, 2.24) is 9.88 Å². The van der Waals surface area contributed by atoms with Crippen molar-refractivity contribution in [2.24, 2.45) is 0 Å². The smallest absolute Gasteiger partial charge is 0.285 e. The number of likely N-dealkylation sites (N-methyl/N-ethyl adjacent to an activating group) is 1. The van der Waals surface area contributed by atoms with Gasteiger partial charge in [-0.25, -0.2) is 0 Å². The highest BCUT2D eigenvalue weighted by atomic mass is 16.6. The molecule has 1 aromatic heterocycles. The van der Waals surface area contributed by atoms with Crippen LogP contribution in [-0.2, 0) is 11.3 Å². The quantitative estimate of drug-likeness (QED) is 0.572. The van der Waals surface area contributed by atoms with E-state index in [-0.39, 0.29) is 18.1 Å². The Morgan fingerprint density at radius 3 is 2.73 bits per heavy atom. The molecule has 0 unspecified atom stereocenters. The number of nitrogens with zero attached hydrogens (tertiary/aromatic N) is 3. The Morgan fingerprint density at radius 2 is 2.08 bits per heavy atom. The number of amides is 1. The zero-order chi connectivity index (χ0) is 19.1. The summed E-state index contributed by atoms with van der Waals surface area (Å²) >= 11 is 0. The molecule has 0 saturated heterocycles. The van der Waals surface area contributed by atoms with Crippen LogP contribution in [0.2, 0.25) is 0 Å². The zero-order valence-corrected chi connectivity index (χ0v) is 14.8. The van der Waals surface area contributed by atoms with Gasteiger partial charge in [0.25, 0.3) is 11.2 Å². The molecular formula is C18H22N4O4. The van der Waals surface area contributed by atoms with E-state index >= 15 is 0 Å². The van der Waals surface area contributed by atoms with Crippen LogP contribution in [0.4, 0.5) is 11.4 Å². The molecule has 26 heavy (non-hydrogen) atoms. The largest absolute Gasteiger partial charge is 0.370 e. The number of carbonyl (C=O) groups excluding carboxylic acids is 1. The fraction of sp³-hybridized carbons (Fsp3) is 0.333. The second kappa shape index (κ2) is 8.80. The van der Waals surface area contributed by atoms with Gasteiger partial charge in [-0.2, -0.15) is 0 Å². The predicted octanol–water partition coefficient (Wildman–Crippen LogP) is 1.71. The summed E-state index contributed by atoms with van der Waals surface area (Å²) in [7, 11) is 0. The van der Waals surface area contributed by atoms with Crippen molar-refractivity contribution in [1.29, 1.82) is 0 Å². The first-order valence-electron chi connectivity index (χ1n) is 8.34. The number of nitrogens with one attached hydrogen (secondary N) is 1. The Kier molecular flexibility index (Phi) is 6.48. The molecule has 2 aromatic rings. The predicted molar refractivity (Wildman–Crippen MR) is 99.4 cm³/mol. The summed E-state index contributed by atoms with van der Waals surface area (Å²) in [4.78, 5) is 36.1. The third-order valence-electron chi connectivity index (χ3n) is 3.95. The lowest BCUT2D eigenvalue weighted by Crippen LogP contribution is -2.37. The fourth-order valence-electron chi connectivity index (χ4n) is 2.59. The highest BCUT2D eigenvalue weighted by molar-refractivity contribution is 5.75. The van der Waals surface area contributed by atoms with Crippen molar-refractivity contribution < 1.29 is 9.72 Å². The molecule has 138 valence electrons. The lowest BCUT2D eigenvalue weighted by atomic mass is 10.2. The van der Waals surface area contributed by atoms with Gasteiger partial charge >= 0.3 is 0 Å². The van der Waals surface area contributed by atoms with Gasteiger partial charge in [-0.3, -0.25) is 24.3 Å². The Hall–Kier alpha value is -3.16. The number of benzene rings is 1. The summed E-state index contributed by atoms with van der Waals surface area (Å²) in [5, 5.41) is 13.5. The van der Waals surface area contributed by atoms with Crippen LogP contribution < -0.4 is 15.8 Å². The van der Waals surface area contributed by atoms with E-state index in [0.29, 0.717) is 13.1 Å². The van der Waals surface area contributed by atoms with Crippen LogP contribution in [0.5, 0.6) is 0 Å². The molecule has 0 aliphatic rings. The molecule has 1 amide bonds. The van der Waals surface area contributed by atoms with Crippen LogP contribution in [-0.4, -0.2) is 35.0 Å². The van der Waals surface area contributed by atoms with E-state index in [1.165, 1.54) is 0 Å². The van der Waals surface area contributed by atoms with Gasteiger partial charge in [-0.05, 0) is 31.5 Å². The molecule has 0 fully saturated rings. The minimum atomic E-state index is -0.602. The van der Waals surface area contributed by atoms with Crippen molar-refractivity contribution >= 4 is 17.3 Å². The van der Waals surface area contributed by atoms with Crippen molar-refractivity contribution in [2.45, 2.75) is 20.4 Å². The monoisotopic (exact) mass is 358 g/mol. The second-order valence-corrected chi connectivity index (χ2v) is 5.88. The Bertz CT molecular complexity index is 847. The molecule has 0 atom stereocenters. The van der Waals surface area contributed by atoms with E-state index in [4.69, 9.17) is 0 Å². The average Bonchev–Trinajstić information content (AvgIpc) is 2.60. The van der Waals surface area contributed by atoms with Crippen LogP contribution >= 0.6 is 0 Å². The van der Waals surface area contributed by atoms with Crippen LogP contribution in [0.1, 0.15) is 12.5 Å². The molecule has 1 heterocycles. The fourth-order valence-corrected chi connectivity index (χ4v) is 2.59. The molecule has 0 spiro atoms. The molecule has 2 rings (SSSR count). The maximum absolute atomic E-state index is 12.0. The average molecular weight is 358 g/mol. The standard InChI is InChI=1S/C18H22N4O4/c1-3-20(15-6-4-5-14(2)11-15)10-9-19-17(23)13-21-12-16(22(25)26)7-8-18(21)24/h4-8,11-12H,3,9-10,13H2,1-2H3,(H,19,23). The van der Waals surface area contributed by atoms with Gasteiger partial charge < -0.3 is 10.2 Å². The minimum Gasteiger partial charge on any atom is -0.370 e. The van der Waals surface area contributed by atoms with E-state index in [0.717, 1.165) is 40.7 Å². The first-order chi connectivity index (χ1) is 12.4. The van der Waals surface area contributed by atoms with Crippen LogP contribution in [0.3, 0.4) is 0 Å². The van der Waals surface area contributed by atoms with Crippen molar-refractivity contribution in [3.8, 4) is 0 Å². The molecule has 0 bridgehead atoms. The number of hydrogen-bond donors (Lipinski definition) is 1. The minimum absolute atomic E-state index is 0.228. The topological polar surface area (TPSA) is 97.5 Å². The SMILES string of the molecule is CCN(CCNC(=O)Cn1cc([N+](=O)[O-])ccc1=O)c1cccc(C)c1. The molecule has 1 aromatic carbocycles. The maximum atomic E-state index is 12.0. The molecular weight excluding hydrogens is 336 g/mol. The summed E-state index contributed by atoms with van der Waals surface area (Å²) < 4.78 is 1.03. The number of nitro groups is 1. The van der Waals surface area contributed by atoms with Gasteiger partial charge in [-0.15, -0.1) is 0 Å². The van der Waals surface area contributed by atoms with Crippen LogP contribution in [0.25, 0.3) is 0 Å². The lowest BCUT2D eigenvalue weighted by molar-refractivity contribution is -0.385. The summed E-state index contributed by atoms with van der Waals surface area (Å²) in [5.41, 5.74) is 1.56. The first-order valence-corrected chi connectivity index (χ1v) is 8.34. The van der Waals surface area contributed by atoms with Crippen LogP contribution in [0, 0.1) is 17.0 Å². The molecule has 8 nitrogen and oxygen atoms in total.